The van der Waals surface area contributed by atoms with Crippen LogP contribution in [0.3, 0.4) is 0 Å². The molecule has 0 aliphatic heterocycles. The van der Waals surface area contributed by atoms with Crippen LogP contribution in [0.1, 0.15) is 38.8 Å². The molecule has 0 heterocycles. The number of hydrogen-bond donors (Lipinski definition) is 2. The number of hydrazine groups is 1. The first kappa shape index (κ1) is 13.0. The van der Waals surface area contributed by atoms with Gasteiger partial charge in [0.15, 0.2) is 0 Å². The van der Waals surface area contributed by atoms with Gasteiger partial charge in [-0.25, -0.2) is 0 Å². The molecule has 1 aromatic carbocycles. The predicted octanol–water partition coefficient (Wildman–Crippen LogP) is 2.64. The van der Waals surface area contributed by atoms with Crippen LogP contribution in [0, 0.1) is 5.41 Å². The molecule has 3 heteroatoms. The zero-order chi connectivity index (χ0) is 12.2. The van der Waals surface area contributed by atoms with Crippen LogP contribution in [0.25, 0.3) is 0 Å². The van der Waals surface area contributed by atoms with Crippen molar-refractivity contribution in [2.75, 3.05) is 7.11 Å². The minimum Gasteiger partial charge on any atom is -0.497 e. The zero-order valence-corrected chi connectivity index (χ0v) is 10.6. The summed E-state index contributed by atoms with van der Waals surface area (Å²) in [7, 11) is 1.67. The fraction of sp³-hybridized carbons (Fsp3) is 0.538. The molecule has 0 aliphatic rings. The second kappa shape index (κ2) is 5.32. The molecule has 1 unspecified atom stereocenters. The largest absolute Gasteiger partial charge is 0.497 e. The predicted molar refractivity (Wildman–Crippen MR) is 67.1 cm³/mol. The lowest BCUT2D eigenvalue weighted by Crippen LogP contribution is -2.38. The number of rotatable bonds is 5. The molecule has 3 nitrogen and oxygen atoms in total. The topological polar surface area (TPSA) is 47.3 Å². The molecule has 1 atom stereocenters. The molecule has 0 radical (unpaired) electrons. The third kappa shape index (κ3) is 2.74. The fourth-order valence-corrected chi connectivity index (χ4v) is 1.77. The van der Waals surface area contributed by atoms with Crippen molar-refractivity contribution in [3.05, 3.63) is 29.8 Å². The lowest BCUT2D eigenvalue weighted by atomic mass is 9.79. The van der Waals surface area contributed by atoms with Crippen molar-refractivity contribution in [1.82, 2.24) is 5.43 Å². The molecular weight excluding hydrogens is 200 g/mol. The highest BCUT2D eigenvalue weighted by Crippen LogP contribution is 2.35. The highest BCUT2D eigenvalue weighted by atomic mass is 16.5. The Hall–Kier alpha value is -1.06. The molecule has 1 aromatic rings. The second-order valence-electron chi connectivity index (χ2n) is 4.71. The van der Waals surface area contributed by atoms with Crippen molar-refractivity contribution in [3.8, 4) is 5.75 Å². The van der Waals surface area contributed by atoms with Gasteiger partial charge in [-0.05, 0) is 29.5 Å². The first-order valence-electron chi connectivity index (χ1n) is 5.65. The van der Waals surface area contributed by atoms with E-state index < -0.39 is 0 Å². The molecule has 0 bridgehead atoms. The third-order valence-electron chi connectivity index (χ3n) is 3.31. The zero-order valence-electron chi connectivity index (χ0n) is 10.6. The summed E-state index contributed by atoms with van der Waals surface area (Å²) >= 11 is 0. The van der Waals surface area contributed by atoms with Crippen molar-refractivity contribution < 1.29 is 4.74 Å². The van der Waals surface area contributed by atoms with Crippen LogP contribution in [-0.2, 0) is 0 Å². The maximum absolute atomic E-state index is 5.66. The molecule has 0 saturated carbocycles. The SMILES string of the molecule is CCC(C)(C)C(NN)c1ccc(OC)cc1. The molecule has 1 rings (SSSR count). The summed E-state index contributed by atoms with van der Waals surface area (Å²) in [5.74, 6) is 6.53. The van der Waals surface area contributed by atoms with Gasteiger partial charge in [0, 0.05) is 0 Å². The molecule has 0 saturated heterocycles. The van der Waals surface area contributed by atoms with Crippen LogP contribution in [0.15, 0.2) is 24.3 Å². The van der Waals surface area contributed by atoms with Crippen LogP contribution >= 0.6 is 0 Å². The molecule has 0 spiro atoms. The van der Waals surface area contributed by atoms with E-state index in [4.69, 9.17) is 10.6 Å². The number of nitrogens with two attached hydrogens (primary N) is 1. The minimum absolute atomic E-state index is 0.128. The van der Waals surface area contributed by atoms with Crippen molar-refractivity contribution in [2.24, 2.45) is 11.3 Å². The van der Waals surface area contributed by atoms with Gasteiger partial charge in [0.2, 0.25) is 0 Å². The summed E-state index contributed by atoms with van der Waals surface area (Å²) in [6.07, 6.45) is 1.06. The van der Waals surface area contributed by atoms with Crippen LogP contribution in [-0.4, -0.2) is 7.11 Å². The lowest BCUT2D eigenvalue weighted by Gasteiger charge is -2.33. The molecule has 0 aliphatic carbocycles. The Morgan fingerprint density at radius 3 is 2.25 bits per heavy atom. The first-order chi connectivity index (χ1) is 7.55. The number of benzene rings is 1. The van der Waals surface area contributed by atoms with Gasteiger partial charge >= 0.3 is 0 Å². The fourth-order valence-electron chi connectivity index (χ4n) is 1.77. The molecular formula is C13H22N2O. The summed E-state index contributed by atoms with van der Waals surface area (Å²) in [5.41, 5.74) is 4.22. The summed E-state index contributed by atoms with van der Waals surface area (Å²) in [6, 6.07) is 8.20. The van der Waals surface area contributed by atoms with Gasteiger partial charge in [-0.1, -0.05) is 32.9 Å². The highest BCUT2D eigenvalue weighted by Gasteiger charge is 2.28. The minimum atomic E-state index is 0.128. The van der Waals surface area contributed by atoms with Crippen molar-refractivity contribution in [1.29, 1.82) is 0 Å². The van der Waals surface area contributed by atoms with Crippen LogP contribution < -0.4 is 16.0 Å². The van der Waals surface area contributed by atoms with E-state index >= 15 is 0 Å². The van der Waals surface area contributed by atoms with E-state index in [2.05, 4.69) is 38.3 Å². The summed E-state index contributed by atoms with van der Waals surface area (Å²) in [6.45, 7) is 6.59. The summed E-state index contributed by atoms with van der Waals surface area (Å²) in [5, 5.41) is 0. The Kier molecular flexibility index (Phi) is 4.33. The molecule has 0 amide bonds. The Morgan fingerprint density at radius 1 is 1.31 bits per heavy atom. The second-order valence-corrected chi connectivity index (χ2v) is 4.71. The smallest absolute Gasteiger partial charge is 0.118 e. The standard InChI is InChI=1S/C13H22N2O/c1-5-13(2,3)12(15-14)10-6-8-11(16-4)9-7-10/h6-9,12,15H,5,14H2,1-4H3. The molecule has 0 fully saturated rings. The van der Waals surface area contributed by atoms with Crippen LogP contribution in [0.4, 0.5) is 0 Å². The van der Waals surface area contributed by atoms with Crippen molar-refractivity contribution >= 4 is 0 Å². The lowest BCUT2D eigenvalue weighted by molar-refractivity contribution is 0.236. The van der Waals surface area contributed by atoms with E-state index in [1.165, 1.54) is 5.56 Å². The van der Waals surface area contributed by atoms with Crippen LogP contribution in [0.2, 0.25) is 0 Å². The van der Waals surface area contributed by atoms with E-state index in [-0.39, 0.29) is 11.5 Å². The normalized spacial score (nSPS) is 13.6. The molecule has 3 N–H and O–H groups in total. The number of methoxy groups -OCH3 is 1. The first-order valence-corrected chi connectivity index (χ1v) is 5.65. The van der Waals surface area contributed by atoms with Gasteiger partial charge in [-0.15, -0.1) is 0 Å². The van der Waals surface area contributed by atoms with Gasteiger partial charge in [0.05, 0.1) is 13.2 Å². The highest BCUT2D eigenvalue weighted by molar-refractivity contribution is 5.29. The molecule has 16 heavy (non-hydrogen) atoms. The number of ether oxygens (including phenoxy) is 1. The van der Waals surface area contributed by atoms with Gasteiger partial charge in [-0.3, -0.25) is 11.3 Å². The summed E-state index contributed by atoms with van der Waals surface area (Å²) < 4.78 is 5.14. The third-order valence-corrected chi connectivity index (χ3v) is 3.31. The Balaban J connectivity index is 2.95. The molecule has 90 valence electrons. The quantitative estimate of drug-likeness (QED) is 0.594. The monoisotopic (exact) mass is 222 g/mol. The van der Waals surface area contributed by atoms with E-state index in [1.807, 2.05) is 12.1 Å². The van der Waals surface area contributed by atoms with Gasteiger partial charge in [0.1, 0.15) is 5.75 Å². The van der Waals surface area contributed by atoms with Gasteiger partial charge < -0.3 is 4.74 Å². The van der Waals surface area contributed by atoms with E-state index in [9.17, 15) is 0 Å². The Bertz CT molecular complexity index is 319. The number of hydrogen-bond acceptors (Lipinski definition) is 3. The van der Waals surface area contributed by atoms with Gasteiger partial charge in [0.25, 0.3) is 0 Å². The maximum Gasteiger partial charge on any atom is 0.118 e. The average Bonchev–Trinajstić information content (AvgIpc) is 2.30. The summed E-state index contributed by atoms with van der Waals surface area (Å²) in [4.78, 5) is 0. The van der Waals surface area contributed by atoms with Crippen LogP contribution in [0.5, 0.6) is 5.75 Å². The molecule has 0 aromatic heterocycles. The maximum atomic E-state index is 5.66. The van der Waals surface area contributed by atoms with Crippen molar-refractivity contribution in [3.63, 3.8) is 0 Å². The van der Waals surface area contributed by atoms with Gasteiger partial charge in [-0.2, -0.15) is 0 Å². The van der Waals surface area contributed by atoms with Crippen molar-refractivity contribution in [2.45, 2.75) is 33.2 Å². The van der Waals surface area contributed by atoms with E-state index in [1.54, 1.807) is 7.11 Å². The number of nitrogens with one attached hydrogen (secondary N) is 1. The van der Waals surface area contributed by atoms with E-state index in [0.717, 1.165) is 12.2 Å². The van der Waals surface area contributed by atoms with E-state index in [0.29, 0.717) is 0 Å². The average molecular weight is 222 g/mol. The Labute approximate surface area is 98.0 Å². The Morgan fingerprint density at radius 2 is 1.88 bits per heavy atom.